The number of amides is 1. The summed E-state index contributed by atoms with van der Waals surface area (Å²) in [5.41, 5.74) is 0.374. The SMILES string of the molecule is CCOC(=O)c1ccsc1NC(=O)CN(C)CC1COc2ccccc2O1. The Labute approximate surface area is 161 Å². The maximum atomic E-state index is 12.3. The third kappa shape index (κ3) is 4.99. The average Bonchev–Trinajstić information content (AvgIpc) is 3.09. The van der Waals surface area contributed by atoms with Crippen LogP contribution in [0.2, 0.25) is 0 Å². The third-order valence-electron chi connectivity index (χ3n) is 3.91. The number of benzene rings is 1. The number of para-hydroxylation sites is 2. The summed E-state index contributed by atoms with van der Waals surface area (Å²) >= 11 is 1.29. The second-order valence-electron chi connectivity index (χ2n) is 6.13. The molecule has 7 nitrogen and oxygen atoms in total. The van der Waals surface area contributed by atoms with E-state index in [4.69, 9.17) is 14.2 Å². The zero-order valence-electron chi connectivity index (χ0n) is 15.3. The van der Waals surface area contributed by atoms with Crippen molar-refractivity contribution < 1.29 is 23.8 Å². The van der Waals surface area contributed by atoms with E-state index in [9.17, 15) is 9.59 Å². The minimum Gasteiger partial charge on any atom is -0.486 e. The summed E-state index contributed by atoms with van der Waals surface area (Å²) in [5, 5.41) is 5.02. The molecule has 1 amide bonds. The fourth-order valence-electron chi connectivity index (χ4n) is 2.75. The van der Waals surface area contributed by atoms with Crippen molar-refractivity contribution in [1.82, 2.24) is 4.90 Å². The van der Waals surface area contributed by atoms with Crippen LogP contribution in [0.5, 0.6) is 11.5 Å². The molecule has 3 rings (SSSR count). The van der Waals surface area contributed by atoms with Crippen molar-refractivity contribution in [1.29, 1.82) is 0 Å². The van der Waals surface area contributed by atoms with Crippen molar-refractivity contribution >= 4 is 28.2 Å². The lowest BCUT2D eigenvalue weighted by molar-refractivity contribution is -0.117. The minimum absolute atomic E-state index is 0.158. The smallest absolute Gasteiger partial charge is 0.341 e. The summed E-state index contributed by atoms with van der Waals surface area (Å²) in [6, 6.07) is 9.16. The Hall–Kier alpha value is -2.58. The van der Waals surface area contributed by atoms with Gasteiger partial charge in [0, 0.05) is 6.54 Å². The molecule has 1 aliphatic heterocycles. The van der Waals surface area contributed by atoms with E-state index >= 15 is 0 Å². The van der Waals surface area contributed by atoms with E-state index < -0.39 is 5.97 Å². The summed E-state index contributed by atoms with van der Waals surface area (Å²) in [5.74, 6) is 0.805. The first-order chi connectivity index (χ1) is 13.1. The number of ether oxygens (including phenoxy) is 3. The minimum atomic E-state index is -0.436. The fourth-order valence-corrected chi connectivity index (χ4v) is 3.54. The normalized spacial score (nSPS) is 15.4. The number of carbonyl (C=O) groups is 2. The zero-order valence-corrected chi connectivity index (χ0v) is 16.1. The molecule has 27 heavy (non-hydrogen) atoms. The van der Waals surface area contributed by atoms with Gasteiger partial charge >= 0.3 is 5.97 Å². The van der Waals surface area contributed by atoms with Gasteiger partial charge in [0.2, 0.25) is 5.91 Å². The third-order valence-corrected chi connectivity index (χ3v) is 4.74. The van der Waals surface area contributed by atoms with E-state index in [0.717, 1.165) is 5.75 Å². The van der Waals surface area contributed by atoms with E-state index in [1.807, 2.05) is 36.2 Å². The highest BCUT2D eigenvalue weighted by atomic mass is 32.1. The van der Waals surface area contributed by atoms with Crippen molar-refractivity contribution in [3.8, 4) is 11.5 Å². The maximum Gasteiger partial charge on any atom is 0.341 e. The summed E-state index contributed by atoms with van der Waals surface area (Å²) in [6.45, 7) is 3.17. The first kappa shape index (κ1) is 19.2. The summed E-state index contributed by atoms with van der Waals surface area (Å²) in [7, 11) is 1.84. The standard InChI is InChI=1S/C19H22N2O5S/c1-3-24-19(23)14-8-9-27-18(14)20-17(22)11-21(2)10-13-12-25-15-6-4-5-7-16(15)26-13/h4-9,13H,3,10-12H2,1-2H3,(H,20,22). The predicted octanol–water partition coefficient (Wildman–Crippen LogP) is 2.64. The van der Waals surface area contributed by atoms with Crippen LogP contribution in [0.1, 0.15) is 17.3 Å². The van der Waals surface area contributed by atoms with Crippen LogP contribution in [0.15, 0.2) is 35.7 Å². The molecule has 0 bridgehead atoms. The van der Waals surface area contributed by atoms with Gasteiger partial charge < -0.3 is 19.5 Å². The molecule has 2 aromatic rings. The highest BCUT2D eigenvalue weighted by molar-refractivity contribution is 7.14. The molecule has 144 valence electrons. The maximum absolute atomic E-state index is 12.3. The van der Waals surface area contributed by atoms with Gasteiger partial charge in [-0.25, -0.2) is 4.79 Å². The number of rotatable bonds is 7. The molecule has 0 fully saturated rings. The molecule has 1 aliphatic rings. The van der Waals surface area contributed by atoms with Crippen LogP contribution in [-0.2, 0) is 9.53 Å². The molecule has 0 radical (unpaired) electrons. The van der Waals surface area contributed by atoms with Crippen LogP contribution >= 0.6 is 11.3 Å². The first-order valence-corrected chi connectivity index (χ1v) is 9.56. The first-order valence-electron chi connectivity index (χ1n) is 8.68. The molecule has 1 N–H and O–H groups in total. The van der Waals surface area contributed by atoms with Gasteiger partial charge in [0.25, 0.3) is 0 Å². The number of esters is 1. The lowest BCUT2D eigenvalue weighted by Gasteiger charge is -2.29. The van der Waals surface area contributed by atoms with Gasteiger partial charge in [0.05, 0.1) is 18.7 Å². The van der Waals surface area contributed by atoms with Crippen LogP contribution in [0.25, 0.3) is 0 Å². The Balaban J connectivity index is 1.50. The summed E-state index contributed by atoms with van der Waals surface area (Å²) in [4.78, 5) is 26.1. The van der Waals surface area contributed by atoms with Gasteiger partial charge in [-0.2, -0.15) is 0 Å². The Morgan fingerprint density at radius 2 is 2.07 bits per heavy atom. The van der Waals surface area contributed by atoms with E-state index in [1.54, 1.807) is 18.4 Å². The van der Waals surface area contributed by atoms with Gasteiger partial charge in [-0.1, -0.05) is 12.1 Å². The summed E-state index contributed by atoms with van der Waals surface area (Å²) < 4.78 is 16.6. The predicted molar refractivity (Wildman–Crippen MR) is 103 cm³/mol. The molecule has 0 saturated heterocycles. The number of nitrogens with zero attached hydrogens (tertiary/aromatic N) is 1. The van der Waals surface area contributed by atoms with E-state index in [1.165, 1.54) is 11.3 Å². The number of anilines is 1. The molecular formula is C19H22N2O5S. The second-order valence-corrected chi connectivity index (χ2v) is 7.04. The lowest BCUT2D eigenvalue weighted by Crippen LogP contribution is -2.42. The number of hydrogen-bond acceptors (Lipinski definition) is 7. The van der Waals surface area contributed by atoms with Crippen LogP contribution in [0.3, 0.4) is 0 Å². The highest BCUT2D eigenvalue weighted by Crippen LogP contribution is 2.31. The molecule has 1 aromatic heterocycles. The van der Waals surface area contributed by atoms with Crippen molar-refractivity contribution in [2.75, 3.05) is 38.7 Å². The van der Waals surface area contributed by atoms with Gasteiger partial charge in [0.1, 0.15) is 17.7 Å². The molecule has 1 atom stereocenters. The summed E-state index contributed by atoms with van der Waals surface area (Å²) in [6.07, 6.45) is -0.158. The molecule has 0 spiro atoms. The largest absolute Gasteiger partial charge is 0.486 e. The van der Waals surface area contributed by atoms with Crippen LogP contribution in [0.4, 0.5) is 5.00 Å². The van der Waals surface area contributed by atoms with Crippen molar-refractivity contribution in [2.24, 2.45) is 0 Å². The van der Waals surface area contributed by atoms with Crippen LogP contribution in [-0.4, -0.2) is 56.2 Å². The van der Waals surface area contributed by atoms with Gasteiger partial charge in [0.15, 0.2) is 11.5 Å². The molecule has 1 unspecified atom stereocenters. The second kappa shape index (κ2) is 8.88. The van der Waals surface area contributed by atoms with E-state index in [2.05, 4.69) is 5.32 Å². The molecule has 1 aromatic carbocycles. The topological polar surface area (TPSA) is 77.1 Å². The number of hydrogen-bond donors (Lipinski definition) is 1. The molecule has 0 aliphatic carbocycles. The molecule has 2 heterocycles. The quantitative estimate of drug-likeness (QED) is 0.733. The zero-order chi connectivity index (χ0) is 19.2. The van der Waals surface area contributed by atoms with E-state index in [-0.39, 0.29) is 25.2 Å². The highest BCUT2D eigenvalue weighted by Gasteiger charge is 2.23. The van der Waals surface area contributed by atoms with E-state index in [0.29, 0.717) is 29.5 Å². The fraction of sp³-hybridized carbons (Fsp3) is 0.368. The average molecular weight is 390 g/mol. The number of carbonyl (C=O) groups excluding carboxylic acids is 2. The number of likely N-dealkylation sites (N-methyl/N-ethyl adjacent to an activating group) is 1. The Morgan fingerprint density at radius 1 is 1.30 bits per heavy atom. The van der Waals surface area contributed by atoms with Crippen LogP contribution in [0, 0.1) is 0 Å². The lowest BCUT2D eigenvalue weighted by atomic mass is 10.2. The Kier molecular flexibility index (Phi) is 6.31. The number of thiophene rings is 1. The van der Waals surface area contributed by atoms with Crippen LogP contribution < -0.4 is 14.8 Å². The van der Waals surface area contributed by atoms with Crippen molar-refractivity contribution in [2.45, 2.75) is 13.0 Å². The van der Waals surface area contributed by atoms with Gasteiger partial charge in [-0.15, -0.1) is 11.3 Å². The number of fused-ring (bicyclic) bond motifs is 1. The molecule has 8 heteroatoms. The molecule has 0 saturated carbocycles. The molecular weight excluding hydrogens is 368 g/mol. The number of nitrogens with one attached hydrogen (secondary N) is 1. The van der Waals surface area contributed by atoms with Crippen molar-refractivity contribution in [3.05, 3.63) is 41.3 Å². The Morgan fingerprint density at radius 3 is 2.85 bits per heavy atom. The van der Waals surface area contributed by atoms with Gasteiger partial charge in [-0.3, -0.25) is 9.69 Å². The van der Waals surface area contributed by atoms with Gasteiger partial charge in [-0.05, 0) is 37.6 Å². The van der Waals surface area contributed by atoms with Crippen molar-refractivity contribution in [3.63, 3.8) is 0 Å². The Bertz CT molecular complexity index is 807. The monoisotopic (exact) mass is 390 g/mol.